The van der Waals surface area contributed by atoms with Crippen molar-refractivity contribution in [3.8, 4) is 16.9 Å². The third kappa shape index (κ3) is 3.66. The van der Waals surface area contributed by atoms with Crippen LogP contribution in [0.5, 0.6) is 5.75 Å². The number of carbonyl (C=O) groups is 2. The van der Waals surface area contributed by atoms with Gasteiger partial charge in [-0.2, -0.15) is 0 Å². The van der Waals surface area contributed by atoms with Crippen molar-refractivity contribution in [2.45, 2.75) is 19.5 Å². The van der Waals surface area contributed by atoms with Crippen molar-refractivity contribution >= 4 is 34.3 Å². The van der Waals surface area contributed by atoms with Gasteiger partial charge in [-0.25, -0.2) is 0 Å². The molecule has 0 unspecified atom stereocenters. The Balaban J connectivity index is 1.60. The average molecular weight is 424 g/mol. The van der Waals surface area contributed by atoms with E-state index in [2.05, 4.69) is 11.9 Å². The van der Waals surface area contributed by atoms with Crippen LogP contribution in [0.3, 0.4) is 0 Å². The number of hydrogen-bond acceptors (Lipinski definition) is 3. The highest BCUT2D eigenvalue weighted by atomic mass is 35.5. The molecule has 30 heavy (non-hydrogen) atoms. The van der Waals surface area contributed by atoms with Crippen LogP contribution in [0.1, 0.15) is 5.56 Å². The number of likely N-dealkylation sites (tertiary alicyclic amines) is 1. The Hall–Kier alpha value is -3.25. The molecule has 1 aliphatic rings. The Bertz CT molecular complexity index is 1140. The minimum atomic E-state index is -0.141. The molecule has 6 nitrogen and oxygen atoms in total. The van der Waals surface area contributed by atoms with E-state index in [1.807, 2.05) is 35.9 Å². The van der Waals surface area contributed by atoms with Gasteiger partial charge < -0.3 is 19.9 Å². The quantitative estimate of drug-likeness (QED) is 0.617. The average Bonchev–Trinajstić information content (AvgIpc) is 3.00. The molecule has 3 aromatic rings. The lowest BCUT2D eigenvalue weighted by Gasteiger charge is -2.38. The van der Waals surface area contributed by atoms with E-state index < -0.39 is 0 Å². The normalized spacial score (nSPS) is 13.9. The highest BCUT2D eigenvalue weighted by Crippen LogP contribution is 2.39. The van der Waals surface area contributed by atoms with E-state index in [9.17, 15) is 14.7 Å². The second kappa shape index (κ2) is 7.88. The molecule has 154 valence electrons. The summed E-state index contributed by atoms with van der Waals surface area (Å²) in [6, 6.07) is 10.8. The van der Waals surface area contributed by atoms with Crippen LogP contribution >= 0.6 is 11.6 Å². The number of phenolic OH excluding ortho intramolecular Hbond substituents is 1. The highest BCUT2D eigenvalue weighted by Gasteiger charge is 2.30. The molecular formula is C23H22ClN3O3. The molecule has 0 spiro atoms. The van der Waals surface area contributed by atoms with Gasteiger partial charge in [0.2, 0.25) is 11.8 Å². The fourth-order valence-corrected chi connectivity index (χ4v) is 4.08. The Morgan fingerprint density at radius 1 is 1.30 bits per heavy atom. The van der Waals surface area contributed by atoms with E-state index in [1.54, 1.807) is 23.1 Å². The van der Waals surface area contributed by atoms with Gasteiger partial charge >= 0.3 is 0 Å². The zero-order valence-electron chi connectivity index (χ0n) is 16.6. The molecule has 1 aromatic heterocycles. The highest BCUT2D eigenvalue weighted by molar-refractivity contribution is 6.31. The van der Waals surface area contributed by atoms with Gasteiger partial charge in [0.1, 0.15) is 12.3 Å². The number of fused-ring (bicyclic) bond motifs is 1. The first-order valence-electron chi connectivity index (χ1n) is 9.65. The van der Waals surface area contributed by atoms with Crippen LogP contribution in [0, 0.1) is 6.92 Å². The van der Waals surface area contributed by atoms with Crippen molar-refractivity contribution in [2.75, 3.05) is 13.1 Å². The monoisotopic (exact) mass is 423 g/mol. The molecule has 1 aliphatic heterocycles. The van der Waals surface area contributed by atoms with Gasteiger partial charge in [0, 0.05) is 46.3 Å². The Labute approximate surface area is 179 Å². The van der Waals surface area contributed by atoms with E-state index in [0.29, 0.717) is 18.1 Å². The van der Waals surface area contributed by atoms with Crippen molar-refractivity contribution in [3.05, 3.63) is 65.8 Å². The van der Waals surface area contributed by atoms with Crippen LogP contribution in [0.25, 0.3) is 22.0 Å². The molecule has 2 aromatic carbocycles. The predicted molar refractivity (Wildman–Crippen MR) is 117 cm³/mol. The molecule has 4 rings (SSSR count). The minimum absolute atomic E-state index is 0.0578. The summed E-state index contributed by atoms with van der Waals surface area (Å²) >= 11 is 6.23. The zero-order chi connectivity index (χ0) is 21.4. The van der Waals surface area contributed by atoms with Crippen molar-refractivity contribution in [1.82, 2.24) is 14.8 Å². The molecule has 0 radical (unpaired) electrons. The van der Waals surface area contributed by atoms with Crippen LogP contribution in [-0.4, -0.2) is 45.5 Å². The molecular weight excluding hydrogens is 402 g/mol. The molecule has 1 fully saturated rings. The summed E-state index contributed by atoms with van der Waals surface area (Å²) in [7, 11) is 0. The summed E-state index contributed by atoms with van der Waals surface area (Å²) in [5.41, 5.74) is 3.33. The number of hydrogen-bond donors (Lipinski definition) is 2. The second-order valence-corrected chi connectivity index (χ2v) is 7.95. The molecule has 2 amide bonds. The van der Waals surface area contributed by atoms with Gasteiger partial charge in [-0.3, -0.25) is 9.59 Å². The van der Waals surface area contributed by atoms with Gasteiger partial charge in [0.05, 0.1) is 6.04 Å². The number of carbonyl (C=O) groups excluding carboxylic acids is 2. The first-order chi connectivity index (χ1) is 14.4. The van der Waals surface area contributed by atoms with Gasteiger partial charge in [-0.05, 0) is 42.8 Å². The van der Waals surface area contributed by atoms with Gasteiger partial charge in [-0.15, -0.1) is 0 Å². The number of benzene rings is 2. The van der Waals surface area contributed by atoms with Crippen molar-refractivity contribution in [2.24, 2.45) is 0 Å². The third-order valence-corrected chi connectivity index (χ3v) is 5.65. The summed E-state index contributed by atoms with van der Waals surface area (Å²) in [4.78, 5) is 25.8. The number of phenols is 1. The fraction of sp³-hybridized carbons (Fsp3) is 0.217. The summed E-state index contributed by atoms with van der Waals surface area (Å²) in [5, 5.41) is 14.9. The van der Waals surface area contributed by atoms with Gasteiger partial charge in [0.25, 0.3) is 0 Å². The number of rotatable bonds is 5. The minimum Gasteiger partial charge on any atom is -0.507 e. The SMILES string of the molecule is C=CC(=O)N1CC(NC(=O)Cn2cc(-c3c(C)cccc3O)c3cc(Cl)ccc32)C1. The van der Waals surface area contributed by atoms with Crippen LogP contribution in [0.15, 0.2) is 55.3 Å². The van der Waals surface area contributed by atoms with Crippen LogP contribution in [0.4, 0.5) is 0 Å². The van der Waals surface area contributed by atoms with E-state index in [1.165, 1.54) is 6.08 Å². The Morgan fingerprint density at radius 3 is 2.77 bits per heavy atom. The topological polar surface area (TPSA) is 74.6 Å². The molecule has 0 atom stereocenters. The van der Waals surface area contributed by atoms with Crippen LogP contribution in [0.2, 0.25) is 5.02 Å². The molecule has 7 heteroatoms. The maximum absolute atomic E-state index is 12.6. The lowest BCUT2D eigenvalue weighted by Crippen LogP contribution is -2.61. The van der Waals surface area contributed by atoms with Crippen molar-refractivity contribution in [3.63, 3.8) is 0 Å². The predicted octanol–water partition coefficient (Wildman–Crippen LogP) is 3.49. The first-order valence-corrected chi connectivity index (χ1v) is 10.0. The Kier molecular flexibility index (Phi) is 5.26. The number of aryl methyl sites for hydroxylation is 1. The maximum Gasteiger partial charge on any atom is 0.246 e. The number of aromatic nitrogens is 1. The second-order valence-electron chi connectivity index (χ2n) is 7.51. The standard InChI is InChI=1S/C23H22ClN3O3/c1-3-22(30)27-10-16(11-27)25-21(29)13-26-12-18(17-9-15(24)7-8-19(17)26)23-14(2)5-4-6-20(23)28/h3-9,12,16,28H,1,10-11,13H2,2H3,(H,25,29). The van der Waals surface area contributed by atoms with Crippen molar-refractivity contribution < 1.29 is 14.7 Å². The number of amides is 2. The summed E-state index contributed by atoms with van der Waals surface area (Å²) in [6.45, 7) is 6.50. The van der Waals surface area contributed by atoms with Crippen LogP contribution < -0.4 is 5.32 Å². The molecule has 2 heterocycles. The smallest absolute Gasteiger partial charge is 0.246 e. The van der Waals surface area contributed by atoms with Gasteiger partial charge in [0.15, 0.2) is 0 Å². The molecule has 0 bridgehead atoms. The lowest BCUT2D eigenvalue weighted by molar-refractivity contribution is -0.133. The molecule has 1 saturated heterocycles. The van der Waals surface area contributed by atoms with Crippen molar-refractivity contribution in [1.29, 1.82) is 0 Å². The molecule has 0 saturated carbocycles. The number of aromatic hydroxyl groups is 1. The Morgan fingerprint density at radius 2 is 2.07 bits per heavy atom. The third-order valence-electron chi connectivity index (χ3n) is 5.41. The zero-order valence-corrected chi connectivity index (χ0v) is 17.3. The number of nitrogens with zero attached hydrogens (tertiary/aromatic N) is 2. The summed E-state index contributed by atoms with van der Waals surface area (Å²) in [5.74, 6) is -0.0884. The largest absolute Gasteiger partial charge is 0.507 e. The van der Waals surface area contributed by atoms with Gasteiger partial charge in [-0.1, -0.05) is 30.3 Å². The van der Waals surface area contributed by atoms with E-state index in [-0.39, 0.29) is 30.2 Å². The number of halogens is 1. The first kappa shape index (κ1) is 20.0. The molecule has 2 N–H and O–H groups in total. The summed E-state index contributed by atoms with van der Waals surface area (Å²) in [6.07, 6.45) is 3.15. The number of nitrogens with one attached hydrogen (secondary N) is 1. The van der Waals surface area contributed by atoms with E-state index in [0.717, 1.165) is 27.6 Å². The van der Waals surface area contributed by atoms with E-state index in [4.69, 9.17) is 11.6 Å². The fourth-order valence-electron chi connectivity index (χ4n) is 3.91. The molecule has 0 aliphatic carbocycles. The van der Waals surface area contributed by atoms with E-state index >= 15 is 0 Å². The summed E-state index contributed by atoms with van der Waals surface area (Å²) < 4.78 is 1.85. The maximum atomic E-state index is 12.6. The van der Waals surface area contributed by atoms with Crippen LogP contribution in [-0.2, 0) is 16.1 Å². The lowest BCUT2D eigenvalue weighted by atomic mass is 9.99.